The fraction of sp³-hybridized carbons (Fsp3) is 0.208. The Balaban J connectivity index is 1.99. The highest BCUT2D eigenvalue weighted by Gasteiger charge is 2.17. The zero-order valence-electron chi connectivity index (χ0n) is 15.4. The van der Waals surface area contributed by atoms with E-state index in [0.29, 0.717) is 0 Å². The first-order valence-electron chi connectivity index (χ1n) is 8.88. The number of aryl methyl sites for hydroxylation is 1. The lowest BCUT2D eigenvalue weighted by Gasteiger charge is -2.19. The molecule has 1 heteroatoms. The van der Waals surface area contributed by atoms with Gasteiger partial charge in [-0.05, 0) is 46.9 Å². The first-order chi connectivity index (χ1) is 11.9. The van der Waals surface area contributed by atoms with E-state index in [1.807, 2.05) is 0 Å². The van der Waals surface area contributed by atoms with E-state index in [1.54, 1.807) is 0 Å². The third kappa shape index (κ3) is 2.80. The van der Waals surface area contributed by atoms with Gasteiger partial charge in [0.1, 0.15) is 0 Å². The van der Waals surface area contributed by atoms with E-state index < -0.39 is 0 Å². The molecule has 124 valence electrons. The second kappa shape index (κ2) is 5.70. The lowest BCUT2D eigenvalue weighted by molar-refractivity contribution is -0.362. The molecule has 0 radical (unpaired) electrons. The molecule has 1 heterocycles. The van der Waals surface area contributed by atoms with Crippen molar-refractivity contribution >= 4 is 21.5 Å². The summed E-state index contributed by atoms with van der Waals surface area (Å²) < 4.78 is 0. The lowest BCUT2D eigenvalue weighted by atomic mass is 9.85. The zero-order chi connectivity index (χ0) is 17.6. The van der Waals surface area contributed by atoms with Crippen molar-refractivity contribution in [3.63, 3.8) is 0 Å². The number of hydrogen-bond acceptors (Lipinski definition) is 0. The molecule has 0 atom stereocenters. The normalized spacial score (nSPS) is 12.0. The topological polar surface area (TPSA) is 14.1 Å². The molecule has 1 nitrogen and oxygen atoms in total. The van der Waals surface area contributed by atoms with Crippen molar-refractivity contribution < 1.29 is 4.98 Å². The predicted molar refractivity (Wildman–Crippen MR) is 107 cm³/mol. The molecule has 0 amide bonds. The number of hydrogen-bond donors (Lipinski definition) is 0. The van der Waals surface area contributed by atoms with Gasteiger partial charge >= 0.3 is 0 Å². The number of rotatable bonds is 1. The maximum Gasteiger partial charge on any atom is 0.218 e. The highest BCUT2D eigenvalue weighted by molar-refractivity contribution is 6.10. The number of aromatic nitrogens is 1. The van der Waals surface area contributed by atoms with Crippen LogP contribution < -0.4 is 4.98 Å². The van der Waals surface area contributed by atoms with Gasteiger partial charge < -0.3 is 0 Å². The third-order valence-corrected chi connectivity index (χ3v) is 4.98. The smallest absolute Gasteiger partial charge is 0.211 e. The Morgan fingerprint density at radius 2 is 1.56 bits per heavy atom. The van der Waals surface area contributed by atoms with Crippen LogP contribution in [0.1, 0.15) is 31.9 Å². The number of H-pyrrole nitrogens is 1. The van der Waals surface area contributed by atoms with Crippen molar-refractivity contribution in [3.05, 3.63) is 78.0 Å². The Morgan fingerprint density at radius 3 is 2.36 bits per heavy atom. The van der Waals surface area contributed by atoms with Crippen LogP contribution in [0.15, 0.2) is 66.9 Å². The van der Waals surface area contributed by atoms with Gasteiger partial charge in [0.25, 0.3) is 0 Å². The maximum atomic E-state index is 3.48. The molecule has 25 heavy (non-hydrogen) atoms. The van der Waals surface area contributed by atoms with Crippen molar-refractivity contribution in [2.45, 2.75) is 33.1 Å². The number of benzene rings is 3. The van der Waals surface area contributed by atoms with Crippen molar-refractivity contribution in [2.75, 3.05) is 0 Å². The van der Waals surface area contributed by atoms with Gasteiger partial charge in [-0.2, -0.15) is 0 Å². The standard InChI is InChI=1S/C24H23N/c1-16-8-10-20-17(14-16)9-11-22-21(20)12-13-25-23(22)18-6-5-7-19(15-18)24(2,3)4/h5-15H,1-4H3/p+1. The van der Waals surface area contributed by atoms with Crippen molar-refractivity contribution in [3.8, 4) is 11.3 Å². The van der Waals surface area contributed by atoms with Gasteiger partial charge in [0.15, 0.2) is 6.20 Å². The van der Waals surface area contributed by atoms with Gasteiger partial charge in [0, 0.05) is 17.0 Å². The Kier molecular flexibility index (Phi) is 3.61. The Labute approximate surface area is 149 Å². The van der Waals surface area contributed by atoms with E-state index in [9.17, 15) is 0 Å². The summed E-state index contributed by atoms with van der Waals surface area (Å²) in [7, 11) is 0. The van der Waals surface area contributed by atoms with Crippen molar-refractivity contribution in [1.82, 2.24) is 0 Å². The van der Waals surface area contributed by atoms with Crippen LogP contribution in [0.2, 0.25) is 0 Å². The Hall–Kier alpha value is -2.67. The van der Waals surface area contributed by atoms with Gasteiger partial charge in [-0.15, -0.1) is 0 Å². The summed E-state index contributed by atoms with van der Waals surface area (Å²) in [6.45, 7) is 8.92. The molecule has 0 bridgehead atoms. The van der Waals surface area contributed by atoms with Crippen molar-refractivity contribution in [2.24, 2.45) is 0 Å². The van der Waals surface area contributed by atoms with E-state index >= 15 is 0 Å². The molecule has 0 aliphatic heterocycles. The fourth-order valence-electron chi connectivity index (χ4n) is 3.54. The molecule has 0 unspecified atom stereocenters. The SMILES string of the molecule is Cc1ccc2c(ccc3c(-c4cccc(C(C)(C)C)c4)[nH+]ccc32)c1. The Bertz CT molecular complexity index is 1080. The molecule has 0 saturated heterocycles. The molecule has 1 N–H and O–H groups in total. The minimum Gasteiger partial charge on any atom is -0.211 e. The van der Waals surface area contributed by atoms with Gasteiger partial charge in [-0.1, -0.05) is 62.7 Å². The average Bonchev–Trinajstić information content (AvgIpc) is 2.60. The molecule has 0 aliphatic rings. The molecule has 0 saturated carbocycles. The largest absolute Gasteiger partial charge is 0.218 e. The minimum atomic E-state index is 0.144. The summed E-state index contributed by atoms with van der Waals surface area (Å²) in [5.74, 6) is 0. The molecule has 3 aromatic carbocycles. The second-order valence-corrected chi connectivity index (χ2v) is 7.93. The molecule has 1 aromatic heterocycles. The maximum absolute atomic E-state index is 3.48. The highest BCUT2D eigenvalue weighted by atomic mass is 14.7. The molecule has 4 rings (SSSR count). The van der Waals surface area contributed by atoms with Crippen LogP contribution in [-0.4, -0.2) is 0 Å². The summed E-state index contributed by atoms with van der Waals surface area (Å²) >= 11 is 0. The average molecular weight is 326 g/mol. The summed E-state index contributed by atoms with van der Waals surface area (Å²) in [6, 6.07) is 22.2. The number of pyridine rings is 1. The summed E-state index contributed by atoms with van der Waals surface area (Å²) in [5, 5.41) is 5.18. The third-order valence-electron chi connectivity index (χ3n) is 4.98. The highest BCUT2D eigenvalue weighted by Crippen LogP contribution is 2.32. The second-order valence-electron chi connectivity index (χ2n) is 7.93. The molecule has 4 aromatic rings. The molecule has 0 spiro atoms. The number of nitrogens with one attached hydrogen (secondary N) is 1. The summed E-state index contributed by atoms with van der Waals surface area (Å²) in [6.07, 6.45) is 2.06. The molecular formula is C24H24N+. The van der Waals surface area contributed by atoms with Crippen LogP contribution in [0.25, 0.3) is 32.8 Å². The first kappa shape index (κ1) is 15.8. The minimum absolute atomic E-state index is 0.144. The summed E-state index contributed by atoms with van der Waals surface area (Å²) in [4.78, 5) is 3.48. The summed E-state index contributed by atoms with van der Waals surface area (Å²) in [5.41, 5.74) is 5.22. The van der Waals surface area contributed by atoms with Gasteiger partial charge in [0.2, 0.25) is 5.69 Å². The van der Waals surface area contributed by atoms with Crippen molar-refractivity contribution in [1.29, 1.82) is 0 Å². The zero-order valence-corrected chi connectivity index (χ0v) is 15.4. The van der Waals surface area contributed by atoms with E-state index in [0.717, 1.165) is 0 Å². The molecular weight excluding hydrogens is 302 g/mol. The molecule has 0 fully saturated rings. The Morgan fingerprint density at radius 1 is 0.760 bits per heavy atom. The van der Waals surface area contributed by atoms with E-state index in [1.165, 1.54) is 43.9 Å². The predicted octanol–water partition coefficient (Wildman–Crippen LogP) is 6.08. The monoisotopic (exact) mass is 326 g/mol. The van der Waals surface area contributed by atoms with Crippen LogP contribution in [0.5, 0.6) is 0 Å². The van der Waals surface area contributed by atoms with E-state index in [-0.39, 0.29) is 5.41 Å². The lowest BCUT2D eigenvalue weighted by Crippen LogP contribution is -2.12. The van der Waals surface area contributed by atoms with E-state index in [4.69, 9.17) is 0 Å². The van der Waals surface area contributed by atoms with Crippen LogP contribution in [0.4, 0.5) is 0 Å². The van der Waals surface area contributed by atoms with Gasteiger partial charge in [-0.25, -0.2) is 4.98 Å². The number of fused-ring (bicyclic) bond motifs is 3. The van der Waals surface area contributed by atoms with Gasteiger partial charge in [-0.3, -0.25) is 0 Å². The first-order valence-corrected chi connectivity index (χ1v) is 8.88. The number of aromatic amines is 1. The van der Waals surface area contributed by atoms with Gasteiger partial charge in [0.05, 0.1) is 5.39 Å². The molecule has 0 aliphatic carbocycles. The fourth-order valence-corrected chi connectivity index (χ4v) is 3.54. The van der Waals surface area contributed by atoms with Crippen LogP contribution in [-0.2, 0) is 5.41 Å². The van der Waals surface area contributed by atoms with E-state index in [2.05, 4.69) is 99.5 Å². The van der Waals surface area contributed by atoms with Crippen LogP contribution >= 0.6 is 0 Å². The quantitative estimate of drug-likeness (QED) is 0.376. The van der Waals surface area contributed by atoms with Crippen LogP contribution in [0, 0.1) is 6.92 Å². The van der Waals surface area contributed by atoms with Crippen LogP contribution in [0.3, 0.4) is 0 Å².